The topological polar surface area (TPSA) is 51.1 Å². The van der Waals surface area contributed by atoms with Gasteiger partial charge in [-0.3, -0.25) is 9.88 Å². The van der Waals surface area contributed by atoms with Crippen LogP contribution in [0.15, 0.2) is 36.0 Å². The van der Waals surface area contributed by atoms with Crippen LogP contribution in [-0.4, -0.2) is 40.1 Å². The lowest BCUT2D eigenvalue weighted by Crippen LogP contribution is -2.25. The molecule has 2 aromatic heterocycles. The van der Waals surface area contributed by atoms with Gasteiger partial charge >= 0.3 is 0 Å². The van der Waals surface area contributed by atoms with E-state index in [2.05, 4.69) is 22.0 Å². The standard InChI is InChI=1S/C20H22N4OS/c1-14-22-19-8-10-24(12-17-11-21-13-26-17)9-7-18(19)20(23-14)15-3-5-16(25-2)6-4-15/h3-6,11,13H,7-10,12H2,1-2H3. The zero-order chi connectivity index (χ0) is 17.9. The minimum Gasteiger partial charge on any atom is -0.497 e. The Kier molecular flexibility index (Phi) is 4.95. The number of ether oxygens (including phenoxy) is 1. The molecule has 0 saturated heterocycles. The summed E-state index contributed by atoms with van der Waals surface area (Å²) in [6.07, 6.45) is 3.89. The van der Waals surface area contributed by atoms with Crippen LogP contribution in [0, 0.1) is 6.92 Å². The molecule has 6 heteroatoms. The van der Waals surface area contributed by atoms with Crippen molar-refractivity contribution in [3.63, 3.8) is 0 Å². The average Bonchev–Trinajstić information content (AvgIpc) is 3.09. The lowest BCUT2D eigenvalue weighted by molar-refractivity contribution is 0.281. The molecule has 3 heterocycles. The van der Waals surface area contributed by atoms with E-state index in [0.717, 1.165) is 55.3 Å². The Morgan fingerprint density at radius 2 is 1.92 bits per heavy atom. The molecular formula is C20H22N4OS. The highest BCUT2D eigenvalue weighted by Gasteiger charge is 2.20. The molecule has 4 rings (SSSR count). The third-order valence-electron chi connectivity index (χ3n) is 4.77. The van der Waals surface area contributed by atoms with Crippen LogP contribution < -0.4 is 4.74 Å². The van der Waals surface area contributed by atoms with E-state index in [-0.39, 0.29) is 0 Å². The first-order valence-electron chi connectivity index (χ1n) is 8.83. The quantitative estimate of drug-likeness (QED) is 0.707. The maximum absolute atomic E-state index is 5.28. The van der Waals surface area contributed by atoms with Gasteiger partial charge in [-0.1, -0.05) is 0 Å². The number of hydrogen-bond acceptors (Lipinski definition) is 6. The summed E-state index contributed by atoms with van der Waals surface area (Å²) in [5.41, 5.74) is 6.57. The molecule has 0 N–H and O–H groups in total. The van der Waals surface area contributed by atoms with Crippen LogP contribution in [0.1, 0.15) is 22.0 Å². The molecule has 0 fully saturated rings. The summed E-state index contributed by atoms with van der Waals surface area (Å²) in [7, 11) is 1.69. The summed E-state index contributed by atoms with van der Waals surface area (Å²) in [5, 5.41) is 0. The maximum atomic E-state index is 5.28. The van der Waals surface area contributed by atoms with E-state index in [1.54, 1.807) is 18.4 Å². The van der Waals surface area contributed by atoms with Crippen molar-refractivity contribution in [3.05, 3.63) is 57.9 Å². The van der Waals surface area contributed by atoms with Gasteiger partial charge in [0.05, 0.1) is 18.3 Å². The number of rotatable bonds is 4. The third-order valence-corrected chi connectivity index (χ3v) is 5.54. The fourth-order valence-electron chi connectivity index (χ4n) is 3.46. The van der Waals surface area contributed by atoms with Crippen molar-refractivity contribution in [2.45, 2.75) is 26.3 Å². The smallest absolute Gasteiger partial charge is 0.126 e. The van der Waals surface area contributed by atoms with Crippen molar-refractivity contribution >= 4 is 11.3 Å². The summed E-state index contributed by atoms with van der Waals surface area (Å²) in [5.74, 6) is 1.70. The predicted octanol–water partition coefficient (Wildman–Crippen LogP) is 3.52. The van der Waals surface area contributed by atoms with E-state index in [0.29, 0.717) is 0 Å². The molecule has 1 aromatic carbocycles. The number of fused-ring (bicyclic) bond motifs is 1. The first-order valence-corrected chi connectivity index (χ1v) is 9.71. The van der Waals surface area contributed by atoms with E-state index < -0.39 is 0 Å². The first-order chi connectivity index (χ1) is 12.7. The van der Waals surface area contributed by atoms with Crippen LogP contribution in [0.4, 0.5) is 0 Å². The molecule has 0 aliphatic carbocycles. The molecule has 0 bridgehead atoms. The SMILES string of the molecule is COc1ccc(-c2nc(C)nc3c2CCN(Cc2cncs2)CC3)cc1. The first kappa shape index (κ1) is 17.1. The molecule has 134 valence electrons. The fourth-order valence-corrected chi connectivity index (χ4v) is 4.09. The lowest BCUT2D eigenvalue weighted by Gasteiger charge is -2.18. The molecular weight excluding hydrogens is 344 g/mol. The number of nitrogens with zero attached hydrogens (tertiary/aromatic N) is 4. The van der Waals surface area contributed by atoms with Crippen molar-refractivity contribution in [1.29, 1.82) is 0 Å². The molecule has 26 heavy (non-hydrogen) atoms. The molecule has 0 unspecified atom stereocenters. The minimum atomic E-state index is 0.838. The molecule has 0 radical (unpaired) electrons. The van der Waals surface area contributed by atoms with Gasteiger partial charge < -0.3 is 4.74 Å². The van der Waals surface area contributed by atoms with Gasteiger partial charge in [-0.05, 0) is 37.6 Å². The van der Waals surface area contributed by atoms with Gasteiger partial charge in [-0.2, -0.15) is 0 Å². The fraction of sp³-hybridized carbons (Fsp3) is 0.350. The van der Waals surface area contributed by atoms with E-state index in [9.17, 15) is 0 Å². The van der Waals surface area contributed by atoms with Crippen LogP contribution in [0.3, 0.4) is 0 Å². The molecule has 1 aliphatic rings. The van der Waals surface area contributed by atoms with Crippen molar-refractivity contribution < 1.29 is 4.74 Å². The lowest BCUT2D eigenvalue weighted by atomic mass is 10.0. The minimum absolute atomic E-state index is 0.838. The number of thiazole rings is 1. The van der Waals surface area contributed by atoms with Crippen molar-refractivity contribution in [2.24, 2.45) is 0 Å². The summed E-state index contributed by atoms with van der Waals surface area (Å²) in [6.45, 7) is 4.97. The van der Waals surface area contributed by atoms with Crippen LogP contribution in [0.25, 0.3) is 11.3 Å². The third kappa shape index (κ3) is 3.61. The Hall–Kier alpha value is -2.31. The van der Waals surface area contributed by atoms with Gasteiger partial charge in [0.1, 0.15) is 11.6 Å². The second-order valence-corrected chi connectivity index (χ2v) is 7.49. The van der Waals surface area contributed by atoms with Gasteiger partial charge in [0, 0.05) is 53.9 Å². The highest BCUT2D eigenvalue weighted by Crippen LogP contribution is 2.28. The molecule has 5 nitrogen and oxygen atoms in total. The van der Waals surface area contributed by atoms with Gasteiger partial charge in [0.15, 0.2) is 0 Å². The molecule has 0 amide bonds. The predicted molar refractivity (Wildman–Crippen MR) is 104 cm³/mol. The van der Waals surface area contributed by atoms with Crippen LogP contribution in [-0.2, 0) is 19.4 Å². The highest BCUT2D eigenvalue weighted by atomic mass is 32.1. The largest absolute Gasteiger partial charge is 0.497 e. The summed E-state index contributed by atoms with van der Waals surface area (Å²) < 4.78 is 5.28. The van der Waals surface area contributed by atoms with Crippen LogP contribution >= 0.6 is 11.3 Å². The Bertz CT molecular complexity index is 878. The van der Waals surface area contributed by atoms with E-state index >= 15 is 0 Å². The van der Waals surface area contributed by atoms with Gasteiger partial charge in [0.25, 0.3) is 0 Å². The van der Waals surface area contributed by atoms with E-state index in [1.807, 2.05) is 30.8 Å². The van der Waals surface area contributed by atoms with Gasteiger partial charge in [-0.25, -0.2) is 9.97 Å². The Morgan fingerprint density at radius 3 is 2.65 bits per heavy atom. The Balaban J connectivity index is 1.62. The number of hydrogen-bond donors (Lipinski definition) is 0. The Morgan fingerprint density at radius 1 is 1.12 bits per heavy atom. The number of benzene rings is 1. The van der Waals surface area contributed by atoms with E-state index in [1.165, 1.54) is 16.1 Å². The van der Waals surface area contributed by atoms with Gasteiger partial charge in [0.2, 0.25) is 0 Å². The van der Waals surface area contributed by atoms with Crippen LogP contribution in [0.2, 0.25) is 0 Å². The second kappa shape index (κ2) is 7.51. The molecule has 0 spiro atoms. The molecule has 0 saturated carbocycles. The van der Waals surface area contributed by atoms with Crippen molar-refractivity contribution in [3.8, 4) is 17.0 Å². The molecule has 0 atom stereocenters. The van der Waals surface area contributed by atoms with Crippen LogP contribution in [0.5, 0.6) is 5.75 Å². The zero-order valence-corrected chi connectivity index (χ0v) is 15.9. The summed E-state index contributed by atoms with van der Waals surface area (Å²) in [6, 6.07) is 8.15. The summed E-state index contributed by atoms with van der Waals surface area (Å²) >= 11 is 1.72. The van der Waals surface area contributed by atoms with Crippen molar-refractivity contribution in [2.75, 3.05) is 20.2 Å². The average molecular weight is 366 g/mol. The maximum Gasteiger partial charge on any atom is 0.126 e. The number of aryl methyl sites for hydroxylation is 1. The molecule has 3 aromatic rings. The van der Waals surface area contributed by atoms with Gasteiger partial charge in [-0.15, -0.1) is 11.3 Å². The number of methoxy groups -OCH3 is 1. The van der Waals surface area contributed by atoms with E-state index in [4.69, 9.17) is 14.7 Å². The zero-order valence-electron chi connectivity index (χ0n) is 15.1. The normalized spacial score (nSPS) is 14.7. The monoisotopic (exact) mass is 366 g/mol. The Labute approximate surface area is 157 Å². The highest BCUT2D eigenvalue weighted by molar-refractivity contribution is 7.09. The second-order valence-electron chi connectivity index (χ2n) is 6.52. The number of aromatic nitrogens is 3. The summed E-state index contributed by atoms with van der Waals surface area (Å²) in [4.78, 5) is 17.5. The molecule has 1 aliphatic heterocycles. The van der Waals surface area contributed by atoms with Crippen molar-refractivity contribution in [1.82, 2.24) is 19.9 Å².